The smallest absolute Gasteiger partial charge is 0.244 e. The van der Waals surface area contributed by atoms with E-state index in [1.54, 1.807) is 12.0 Å². The minimum atomic E-state index is -0.643. The Morgan fingerprint density at radius 1 is 1.26 bits per heavy atom. The van der Waals surface area contributed by atoms with Gasteiger partial charge in [-0.3, -0.25) is 9.59 Å². The maximum Gasteiger partial charge on any atom is 0.244 e. The summed E-state index contributed by atoms with van der Waals surface area (Å²) < 4.78 is 5.43. The van der Waals surface area contributed by atoms with Crippen LogP contribution in [-0.4, -0.2) is 36.5 Å². The Kier molecular flexibility index (Phi) is 4.66. The molecule has 1 aromatic rings. The lowest BCUT2D eigenvalue weighted by molar-refractivity contribution is -0.145. The zero-order valence-corrected chi connectivity index (χ0v) is 13.5. The number of benzene rings is 1. The van der Waals surface area contributed by atoms with Gasteiger partial charge in [0.15, 0.2) is 0 Å². The number of ether oxygens (including phenoxy) is 1. The summed E-state index contributed by atoms with van der Waals surface area (Å²) in [5.74, 6) is -0.476. The highest BCUT2D eigenvalue weighted by molar-refractivity contribution is 5.89. The Bertz CT molecular complexity index is 602. The lowest BCUT2D eigenvalue weighted by Gasteiger charge is -2.39. The Hall–Kier alpha value is -1.88. The molecule has 2 aliphatic rings. The molecule has 0 saturated heterocycles. The summed E-state index contributed by atoms with van der Waals surface area (Å²) in [6, 6.07) is 7.12. The molecule has 0 bridgehead atoms. The summed E-state index contributed by atoms with van der Waals surface area (Å²) in [6.07, 6.45) is 4.50. The van der Waals surface area contributed by atoms with E-state index in [9.17, 15) is 9.59 Å². The van der Waals surface area contributed by atoms with Crippen LogP contribution in [0.1, 0.15) is 42.9 Å². The fraction of sp³-hybridized carbons (Fsp3) is 0.556. The van der Waals surface area contributed by atoms with Crippen molar-refractivity contribution in [2.45, 2.75) is 44.2 Å². The maximum absolute atomic E-state index is 13.0. The highest BCUT2D eigenvalue weighted by Crippen LogP contribution is 2.34. The van der Waals surface area contributed by atoms with E-state index in [0.29, 0.717) is 6.54 Å². The third-order valence-electron chi connectivity index (χ3n) is 5.14. The van der Waals surface area contributed by atoms with Crippen LogP contribution in [0.4, 0.5) is 0 Å². The molecule has 1 aliphatic heterocycles. The first kappa shape index (κ1) is 16.0. The molecule has 5 nitrogen and oxygen atoms in total. The van der Waals surface area contributed by atoms with Gasteiger partial charge in [0.05, 0.1) is 6.10 Å². The summed E-state index contributed by atoms with van der Waals surface area (Å²) in [7, 11) is 1.70. The first-order valence-corrected chi connectivity index (χ1v) is 8.32. The number of hydrogen-bond donors (Lipinski definition) is 1. The van der Waals surface area contributed by atoms with Crippen molar-refractivity contribution in [3.63, 3.8) is 0 Å². The van der Waals surface area contributed by atoms with Crippen LogP contribution >= 0.6 is 0 Å². The number of hydrogen-bond acceptors (Lipinski definition) is 3. The summed E-state index contributed by atoms with van der Waals surface area (Å²) in [5.41, 5.74) is 7.62. The molecule has 124 valence electrons. The number of carbonyl (C=O) groups is 2. The highest BCUT2D eigenvalue weighted by Gasteiger charge is 2.38. The highest BCUT2D eigenvalue weighted by atomic mass is 16.5. The van der Waals surface area contributed by atoms with Gasteiger partial charge in [0.2, 0.25) is 11.8 Å². The first-order chi connectivity index (χ1) is 11.1. The molecule has 5 heteroatoms. The predicted molar refractivity (Wildman–Crippen MR) is 86.5 cm³/mol. The Morgan fingerprint density at radius 3 is 2.78 bits per heavy atom. The summed E-state index contributed by atoms with van der Waals surface area (Å²) in [4.78, 5) is 26.7. The zero-order valence-electron chi connectivity index (χ0n) is 13.5. The van der Waals surface area contributed by atoms with Crippen molar-refractivity contribution in [1.82, 2.24) is 4.90 Å². The molecule has 2 amide bonds. The van der Waals surface area contributed by atoms with Gasteiger partial charge in [0.25, 0.3) is 0 Å². The van der Waals surface area contributed by atoms with Gasteiger partial charge < -0.3 is 15.4 Å². The average Bonchev–Trinajstić information content (AvgIpc) is 2.59. The van der Waals surface area contributed by atoms with E-state index < -0.39 is 11.9 Å². The fourth-order valence-corrected chi connectivity index (χ4v) is 3.93. The zero-order chi connectivity index (χ0) is 16.4. The minimum Gasteiger partial charge on any atom is -0.381 e. The third-order valence-corrected chi connectivity index (χ3v) is 5.14. The van der Waals surface area contributed by atoms with E-state index in [0.717, 1.165) is 43.2 Å². The van der Waals surface area contributed by atoms with Crippen molar-refractivity contribution in [3.8, 4) is 0 Å². The fourth-order valence-electron chi connectivity index (χ4n) is 3.93. The van der Waals surface area contributed by atoms with Crippen LogP contribution < -0.4 is 5.73 Å². The molecule has 1 saturated carbocycles. The molecule has 1 heterocycles. The summed E-state index contributed by atoms with van der Waals surface area (Å²) in [5, 5.41) is 0. The quantitative estimate of drug-likeness (QED) is 0.924. The van der Waals surface area contributed by atoms with Gasteiger partial charge in [-0.05, 0) is 36.8 Å². The van der Waals surface area contributed by atoms with Gasteiger partial charge >= 0.3 is 0 Å². The van der Waals surface area contributed by atoms with E-state index in [-0.39, 0.29) is 17.9 Å². The van der Waals surface area contributed by atoms with Crippen molar-refractivity contribution in [2.24, 2.45) is 11.7 Å². The first-order valence-electron chi connectivity index (χ1n) is 8.32. The summed E-state index contributed by atoms with van der Waals surface area (Å²) >= 11 is 0. The van der Waals surface area contributed by atoms with Gasteiger partial charge in [-0.2, -0.15) is 0 Å². The number of nitrogens with two attached hydrogens (primary N) is 1. The maximum atomic E-state index is 13.0. The third kappa shape index (κ3) is 3.11. The average molecular weight is 316 g/mol. The van der Waals surface area contributed by atoms with Crippen LogP contribution in [-0.2, 0) is 20.7 Å². The number of fused-ring (bicyclic) bond motifs is 1. The molecule has 0 radical (unpaired) electrons. The van der Waals surface area contributed by atoms with Gasteiger partial charge in [-0.25, -0.2) is 0 Å². The van der Waals surface area contributed by atoms with Crippen LogP contribution in [0.2, 0.25) is 0 Å². The molecule has 1 aromatic carbocycles. The second-order valence-electron chi connectivity index (χ2n) is 6.51. The van der Waals surface area contributed by atoms with E-state index in [1.165, 1.54) is 0 Å². The van der Waals surface area contributed by atoms with Gasteiger partial charge in [0.1, 0.15) is 6.04 Å². The molecule has 3 rings (SSSR count). The molecule has 23 heavy (non-hydrogen) atoms. The Labute approximate surface area is 136 Å². The monoisotopic (exact) mass is 316 g/mol. The molecule has 1 aliphatic carbocycles. The van der Waals surface area contributed by atoms with Crippen LogP contribution in [0, 0.1) is 5.92 Å². The van der Waals surface area contributed by atoms with E-state index >= 15 is 0 Å². The van der Waals surface area contributed by atoms with Gasteiger partial charge in [-0.1, -0.05) is 30.7 Å². The number of carbonyl (C=O) groups excluding carboxylic acids is 2. The largest absolute Gasteiger partial charge is 0.381 e. The number of rotatable bonds is 3. The summed E-state index contributed by atoms with van der Waals surface area (Å²) in [6.45, 7) is 0.553. The lowest BCUT2D eigenvalue weighted by atomic mass is 9.84. The molecule has 1 fully saturated rings. The van der Waals surface area contributed by atoms with Gasteiger partial charge in [-0.15, -0.1) is 0 Å². The molecular weight excluding hydrogens is 292 g/mol. The molecule has 2 N–H and O–H groups in total. The predicted octanol–water partition coefficient (Wildman–Crippen LogP) is 1.80. The Morgan fingerprint density at radius 2 is 2.04 bits per heavy atom. The number of primary amides is 1. The standard InChI is InChI=1S/C18H24N2O3/c1-23-14-7-4-6-13(11-14)18(22)20-10-9-12-5-2-3-8-15(12)16(20)17(19)21/h2-3,5,8,13-14,16H,4,6-7,9-11H2,1H3,(H2,19,21). The molecule has 0 spiro atoms. The van der Waals surface area contributed by atoms with E-state index in [2.05, 4.69) is 0 Å². The second kappa shape index (κ2) is 6.71. The number of methoxy groups -OCH3 is 1. The van der Waals surface area contributed by atoms with Crippen molar-refractivity contribution < 1.29 is 14.3 Å². The van der Waals surface area contributed by atoms with Crippen LogP contribution in [0.25, 0.3) is 0 Å². The SMILES string of the molecule is COC1CCCC(C(=O)N2CCc3ccccc3C2C(N)=O)C1. The number of amides is 2. The van der Waals surface area contributed by atoms with Crippen molar-refractivity contribution in [2.75, 3.05) is 13.7 Å². The molecular formula is C18H24N2O3. The van der Waals surface area contributed by atoms with Crippen molar-refractivity contribution in [1.29, 1.82) is 0 Å². The second-order valence-corrected chi connectivity index (χ2v) is 6.51. The normalized spacial score (nSPS) is 27.3. The number of nitrogens with zero attached hydrogens (tertiary/aromatic N) is 1. The van der Waals surface area contributed by atoms with Crippen LogP contribution in [0.3, 0.4) is 0 Å². The topological polar surface area (TPSA) is 72.6 Å². The Balaban J connectivity index is 1.84. The van der Waals surface area contributed by atoms with Crippen molar-refractivity contribution >= 4 is 11.8 Å². The molecule has 3 atom stereocenters. The van der Waals surface area contributed by atoms with Crippen LogP contribution in [0.15, 0.2) is 24.3 Å². The van der Waals surface area contributed by atoms with Crippen molar-refractivity contribution in [3.05, 3.63) is 35.4 Å². The van der Waals surface area contributed by atoms with E-state index in [1.807, 2.05) is 24.3 Å². The van der Waals surface area contributed by atoms with Gasteiger partial charge in [0, 0.05) is 19.6 Å². The van der Waals surface area contributed by atoms with Crippen LogP contribution in [0.5, 0.6) is 0 Å². The lowest BCUT2D eigenvalue weighted by Crippen LogP contribution is -2.48. The van der Waals surface area contributed by atoms with E-state index in [4.69, 9.17) is 10.5 Å². The minimum absolute atomic E-state index is 0.0463. The molecule has 3 unspecified atom stereocenters. The molecule has 0 aromatic heterocycles.